The van der Waals surface area contributed by atoms with Crippen LogP contribution in [0.1, 0.15) is 93.4 Å². The Hall–Kier alpha value is -2.34. The quantitative estimate of drug-likeness (QED) is 0.330. The van der Waals surface area contributed by atoms with Crippen molar-refractivity contribution in [2.24, 2.45) is 33.0 Å². The second kappa shape index (κ2) is 8.36. The predicted molar refractivity (Wildman–Crippen MR) is 157 cm³/mol. The van der Waals surface area contributed by atoms with Crippen LogP contribution in [-0.4, -0.2) is 52.2 Å². The fourth-order valence-electron chi connectivity index (χ4n) is 10.7. The van der Waals surface area contributed by atoms with Gasteiger partial charge in [-0.2, -0.15) is 0 Å². The highest BCUT2D eigenvalue weighted by molar-refractivity contribution is 6.06. The number of nitrogens with zero attached hydrogens (tertiary/aromatic N) is 1. The van der Waals surface area contributed by atoms with E-state index in [1.165, 1.54) is 12.0 Å². The number of aliphatic hydroxyl groups is 1. The lowest BCUT2D eigenvalue weighted by molar-refractivity contribution is -0.180. The molecule has 1 saturated heterocycles. The Morgan fingerprint density at radius 1 is 1.00 bits per heavy atom. The number of amides is 1. The van der Waals surface area contributed by atoms with Crippen LogP contribution >= 0.6 is 0 Å². The number of hydrogen-bond acceptors (Lipinski definition) is 4. The van der Waals surface area contributed by atoms with Crippen molar-refractivity contribution < 1.29 is 19.8 Å². The van der Waals surface area contributed by atoms with Gasteiger partial charge >= 0.3 is 6.09 Å². The SMILES string of the molecule is CC1=C(O)C(=O)C=C2C1=CC=C1[C@@]2(C)CC[C@@]2(C)[C@@H]3C[C@](C)(C4(C)CNCCN4C(=O)O)CC[C@]3(C)CC[C@]12C. The van der Waals surface area contributed by atoms with Crippen molar-refractivity contribution in [2.75, 3.05) is 19.6 Å². The molecule has 6 heteroatoms. The van der Waals surface area contributed by atoms with Gasteiger partial charge in [0.1, 0.15) is 0 Å². The van der Waals surface area contributed by atoms with Gasteiger partial charge in [-0.3, -0.25) is 9.69 Å². The van der Waals surface area contributed by atoms with Crippen molar-refractivity contribution in [3.8, 4) is 0 Å². The molecule has 0 radical (unpaired) electrons. The lowest BCUT2D eigenvalue weighted by Crippen LogP contribution is -2.70. The minimum Gasteiger partial charge on any atom is -0.504 e. The summed E-state index contributed by atoms with van der Waals surface area (Å²) in [5.41, 5.74) is 3.65. The zero-order valence-corrected chi connectivity index (χ0v) is 25.5. The van der Waals surface area contributed by atoms with Crippen molar-refractivity contribution in [3.05, 3.63) is 46.3 Å². The summed E-state index contributed by atoms with van der Waals surface area (Å²) in [6.07, 6.45) is 12.9. The molecular weight excluding hydrogens is 500 g/mol. The average Bonchev–Trinajstić information content (AvgIpc) is 2.90. The molecule has 6 nitrogen and oxygen atoms in total. The molecule has 218 valence electrons. The van der Waals surface area contributed by atoms with Gasteiger partial charge in [-0.1, -0.05) is 52.3 Å². The van der Waals surface area contributed by atoms with Crippen molar-refractivity contribution in [3.63, 3.8) is 0 Å². The highest BCUT2D eigenvalue weighted by Gasteiger charge is 2.68. The average molecular weight is 549 g/mol. The van der Waals surface area contributed by atoms with E-state index in [2.05, 4.69) is 59.0 Å². The molecule has 4 fully saturated rings. The number of aliphatic hydroxyl groups excluding tert-OH is 1. The maximum Gasteiger partial charge on any atom is 0.407 e. The van der Waals surface area contributed by atoms with Crippen LogP contribution in [0.3, 0.4) is 0 Å². The number of ketones is 1. The third-order valence-electron chi connectivity index (χ3n) is 14.0. The summed E-state index contributed by atoms with van der Waals surface area (Å²) in [6, 6.07) is 0. The van der Waals surface area contributed by atoms with Crippen LogP contribution in [0, 0.1) is 33.0 Å². The second-order valence-corrected chi connectivity index (χ2v) is 15.5. The van der Waals surface area contributed by atoms with E-state index in [1.807, 2.05) is 6.92 Å². The number of carboxylic acid groups (broad SMARTS) is 1. The summed E-state index contributed by atoms with van der Waals surface area (Å²) in [5, 5.41) is 24.2. The van der Waals surface area contributed by atoms with Crippen LogP contribution in [0.15, 0.2) is 46.3 Å². The molecule has 0 spiro atoms. The van der Waals surface area contributed by atoms with E-state index in [0.717, 1.165) is 49.7 Å². The number of hydrogen-bond donors (Lipinski definition) is 3. The van der Waals surface area contributed by atoms with E-state index in [4.69, 9.17) is 0 Å². The molecule has 0 aromatic rings. The summed E-state index contributed by atoms with van der Waals surface area (Å²) >= 11 is 0. The van der Waals surface area contributed by atoms with E-state index in [0.29, 0.717) is 31.1 Å². The molecule has 5 aliphatic carbocycles. The zero-order valence-electron chi connectivity index (χ0n) is 25.5. The topological polar surface area (TPSA) is 89.9 Å². The smallest absolute Gasteiger partial charge is 0.407 e. The van der Waals surface area contributed by atoms with Gasteiger partial charge in [-0.15, -0.1) is 0 Å². The molecular formula is C34H48N2O4. The van der Waals surface area contributed by atoms with Crippen LogP contribution in [0.2, 0.25) is 0 Å². The largest absolute Gasteiger partial charge is 0.504 e. The fraction of sp³-hybridized carbons (Fsp3) is 0.706. The molecule has 1 unspecified atom stereocenters. The Labute approximate surface area is 239 Å². The Kier molecular flexibility index (Phi) is 5.81. The molecule has 0 aromatic carbocycles. The molecule has 1 aliphatic heterocycles. The maximum absolute atomic E-state index is 12.8. The van der Waals surface area contributed by atoms with Crippen LogP contribution in [-0.2, 0) is 4.79 Å². The first-order valence-corrected chi connectivity index (χ1v) is 15.4. The Morgan fingerprint density at radius 2 is 1.70 bits per heavy atom. The van der Waals surface area contributed by atoms with Crippen molar-refractivity contribution >= 4 is 11.9 Å². The van der Waals surface area contributed by atoms with Crippen LogP contribution in [0.25, 0.3) is 0 Å². The first-order chi connectivity index (χ1) is 18.6. The summed E-state index contributed by atoms with van der Waals surface area (Å²) in [4.78, 5) is 27.0. The minimum absolute atomic E-state index is 0.0380. The molecule has 0 aromatic heterocycles. The van der Waals surface area contributed by atoms with Crippen LogP contribution in [0.4, 0.5) is 4.79 Å². The number of nitrogens with one attached hydrogen (secondary N) is 1. The standard InChI is InChI=1S/C34H48N2O4/c1-21-22-8-9-25-31(4,23(22)18-24(37)27(21)38)13-15-33(6)26-19-30(3,12-10-29(26,2)11-14-32(25,33)5)34(7)20-35-16-17-36(34)28(39)40/h8-9,18,26,35,38H,10-17,19-20H2,1-7H3,(H,39,40)/t26-,29-,30-,31+,32-,33+,34?/m1/s1. The molecule has 6 aliphatic rings. The summed E-state index contributed by atoms with van der Waals surface area (Å²) in [5.74, 6) is 0.0657. The van der Waals surface area contributed by atoms with Gasteiger partial charge in [-0.25, -0.2) is 4.79 Å². The van der Waals surface area contributed by atoms with Gasteiger partial charge in [0.25, 0.3) is 0 Å². The predicted octanol–water partition coefficient (Wildman–Crippen LogP) is 6.96. The molecule has 7 atom stereocenters. The van der Waals surface area contributed by atoms with Crippen molar-refractivity contribution in [1.82, 2.24) is 10.2 Å². The van der Waals surface area contributed by atoms with Gasteiger partial charge in [0.2, 0.25) is 5.78 Å². The fourth-order valence-corrected chi connectivity index (χ4v) is 10.7. The molecule has 3 N–H and O–H groups in total. The first kappa shape index (κ1) is 27.8. The summed E-state index contributed by atoms with van der Waals surface area (Å²) < 4.78 is 0. The normalized spacial score (nSPS) is 46.8. The van der Waals surface area contributed by atoms with E-state index in [1.54, 1.807) is 11.0 Å². The van der Waals surface area contributed by atoms with Gasteiger partial charge in [0.05, 0.1) is 5.54 Å². The minimum atomic E-state index is -0.799. The highest BCUT2D eigenvalue weighted by Crippen LogP contribution is 2.76. The van der Waals surface area contributed by atoms with Crippen LogP contribution in [0.5, 0.6) is 0 Å². The Morgan fingerprint density at radius 3 is 2.40 bits per heavy atom. The van der Waals surface area contributed by atoms with Crippen molar-refractivity contribution in [2.45, 2.75) is 99.0 Å². The molecule has 40 heavy (non-hydrogen) atoms. The molecule has 1 amide bonds. The second-order valence-electron chi connectivity index (χ2n) is 15.5. The van der Waals surface area contributed by atoms with Gasteiger partial charge in [0, 0.05) is 30.6 Å². The molecule has 0 bridgehead atoms. The van der Waals surface area contributed by atoms with Gasteiger partial charge < -0.3 is 15.5 Å². The molecule has 3 saturated carbocycles. The molecule has 6 rings (SSSR count). The number of fused-ring (bicyclic) bond motifs is 7. The monoisotopic (exact) mass is 548 g/mol. The zero-order chi connectivity index (χ0) is 29.1. The highest BCUT2D eigenvalue weighted by atomic mass is 16.4. The third kappa shape index (κ3) is 3.26. The first-order valence-electron chi connectivity index (χ1n) is 15.4. The number of rotatable bonds is 1. The van der Waals surface area contributed by atoms with E-state index >= 15 is 0 Å². The number of allylic oxidation sites excluding steroid dienone is 7. The molecule has 1 heterocycles. The van der Waals surface area contributed by atoms with Crippen molar-refractivity contribution in [1.29, 1.82) is 0 Å². The lowest BCUT2D eigenvalue weighted by atomic mass is 9.34. The third-order valence-corrected chi connectivity index (χ3v) is 14.0. The summed E-state index contributed by atoms with van der Waals surface area (Å²) in [7, 11) is 0. The van der Waals surface area contributed by atoms with E-state index in [9.17, 15) is 19.8 Å². The Bertz CT molecular complexity index is 1320. The maximum atomic E-state index is 12.8. The van der Waals surface area contributed by atoms with Crippen LogP contribution < -0.4 is 5.32 Å². The lowest BCUT2D eigenvalue weighted by Gasteiger charge is -2.71. The van der Waals surface area contributed by atoms with Gasteiger partial charge in [-0.05, 0) is 104 Å². The van der Waals surface area contributed by atoms with E-state index < -0.39 is 11.6 Å². The van der Waals surface area contributed by atoms with E-state index in [-0.39, 0.29) is 38.6 Å². The number of piperazine rings is 1. The summed E-state index contributed by atoms with van der Waals surface area (Å²) in [6.45, 7) is 18.2. The number of carbonyl (C=O) groups excluding carboxylic acids is 1. The van der Waals surface area contributed by atoms with Gasteiger partial charge in [0.15, 0.2) is 5.76 Å². The number of carbonyl (C=O) groups is 2. The Balaban J connectivity index is 1.43.